The number of carbonyl (C=O) groups excluding carboxylic acids is 1. The number of nitrogens with one attached hydrogen (secondary N) is 1. The van der Waals surface area contributed by atoms with Crippen molar-refractivity contribution in [2.24, 2.45) is 0 Å². The highest BCUT2D eigenvalue weighted by molar-refractivity contribution is 6.03. The molecular formula is C23H19N3O. The van der Waals surface area contributed by atoms with Crippen molar-refractivity contribution in [3.63, 3.8) is 0 Å². The maximum atomic E-state index is 12.5. The van der Waals surface area contributed by atoms with Gasteiger partial charge >= 0.3 is 0 Å². The fraction of sp³-hybridized carbons (Fsp3) is 0.0435. The normalized spacial score (nSPS) is 11.1. The lowest BCUT2D eigenvalue weighted by atomic mass is 10.0. The van der Waals surface area contributed by atoms with Crippen LogP contribution in [-0.2, 0) is 11.3 Å². The number of amides is 1. The summed E-state index contributed by atoms with van der Waals surface area (Å²) in [4.78, 5) is 12.5. The topological polar surface area (TPSA) is 46.9 Å². The van der Waals surface area contributed by atoms with Gasteiger partial charge in [-0.3, -0.25) is 9.48 Å². The van der Waals surface area contributed by atoms with Crippen molar-refractivity contribution in [3.05, 3.63) is 102 Å². The standard InChI is InChI=1S/C23H19N3O/c27-23(14-13-19-10-5-9-18-7-1-3-11-21(18)19)25-22-12-4-2-8-20(22)17-26-16-6-15-24-26/h1-16H,17H2,(H,25,27)/b14-13+. The summed E-state index contributed by atoms with van der Waals surface area (Å²) >= 11 is 0. The van der Waals surface area contributed by atoms with Gasteiger partial charge in [0.15, 0.2) is 0 Å². The first-order valence-corrected chi connectivity index (χ1v) is 8.82. The predicted molar refractivity (Wildman–Crippen MR) is 109 cm³/mol. The van der Waals surface area contributed by atoms with Crippen LogP contribution in [0.1, 0.15) is 11.1 Å². The molecule has 1 heterocycles. The van der Waals surface area contributed by atoms with Crippen molar-refractivity contribution in [1.82, 2.24) is 9.78 Å². The highest BCUT2D eigenvalue weighted by Crippen LogP contribution is 2.20. The largest absolute Gasteiger partial charge is 0.322 e. The van der Waals surface area contributed by atoms with Crippen molar-refractivity contribution in [2.45, 2.75) is 6.54 Å². The van der Waals surface area contributed by atoms with E-state index in [1.54, 1.807) is 12.3 Å². The van der Waals surface area contributed by atoms with Crippen molar-refractivity contribution < 1.29 is 4.79 Å². The van der Waals surface area contributed by atoms with Gasteiger partial charge in [-0.2, -0.15) is 5.10 Å². The Bertz CT molecular complexity index is 1090. The third kappa shape index (κ3) is 3.96. The third-order valence-corrected chi connectivity index (χ3v) is 4.40. The number of fused-ring (bicyclic) bond motifs is 1. The van der Waals surface area contributed by atoms with Gasteiger partial charge in [0.1, 0.15) is 0 Å². The van der Waals surface area contributed by atoms with Gasteiger partial charge in [-0.15, -0.1) is 0 Å². The van der Waals surface area contributed by atoms with Gasteiger partial charge in [-0.25, -0.2) is 0 Å². The van der Waals surface area contributed by atoms with E-state index in [2.05, 4.69) is 28.6 Å². The van der Waals surface area contributed by atoms with Gasteiger partial charge in [-0.05, 0) is 40.1 Å². The van der Waals surface area contributed by atoms with Crippen LogP contribution in [0.25, 0.3) is 16.8 Å². The molecule has 0 bridgehead atoms. The molecule has 1 aromatic heterocycles. The number of anilines is 1. The number of hydrogen-bond acceptors (Lipinski definition) is 2. The van der Waals surface area contributed by atoms with Gasteiger partial charge in [0.05, 0.1) is 6.54 Å². The lowest BCUT2D eigenvalue weighted by molar-refractivity contribution is -0.111. The summed E-state index contributed by atoms with van der Waals surface area (Å²) in [5.41, 5.74) is 2.82. The van der Waals surface area contributed by atoms with Crippen LogP contribution in [0, 0.1) is 0 Å². The van der Waals surface area contributed by atoms with E-state index in [4.69, 9.17) is 0 Å². The maximum absolute atomic E-state index is 12.5. The minimum absolute atomic E-state index is 0.157. The Balaban J connectivity index is 1.52. The summed E-state index contributed by atoms with van der Waals surface area (Å²) in [6, 6.07) is 23.9. The lowest BCUT2D eigenvalue weighted by Gasteiger charge is -2.10. The summed E-state index contributed by atoms with van der Waals surface area (Å²) < 4.78 is 1.83. The Kier molecular flexibility index (Phi) is 4.79. The zero-order chi connectivity index (χ0) is 18.5. The molecule has 4 aromatic rings. The minimum Gasteiger partial charge on any atom is -0.322 e. The molecule has 27 heavy (non-hydrogen) atoms. The fourth-order valence-corrected chi connectivity index (χ4v) is 3.08. The average Bonchev–Trinajstić information content (AvgIpc) is 3.21. The molecule has 0 fully saturated rings. The summed E-state index contributed by atoms with van der Waals surface area (Å²) in [6.45, 7) is 0.608. The second kappa shape index (κ2) is 7.70. The molecule has 0 atom stereocenters. The molecule has 0 spiro atoms. The van der Waals surface area contributed by atoms with E-state index in [0.717, 1.165) is 27.6 Å². The first-order valence-electron chi connectivity index (χ1n) is 8.82. The Morgan fingerprint density at radius 1 is 0.963 bits per heavy atom. The second-order valence-corrected chi connectivity index (χ2v) is 6.25. The number of rotatable bonds is 5. The molecule has 0 aliphatic carbocycles. The van der Waals surface area contributed by atoms with Crippen molar-refractivity contribution >= 4 is 28.4 Å². The molecule has 0 saturated heterocycles. The van der Waals surface area contributed by atoms with Gasteiger partial charge in [0.25, 0.3) is 0 Å². The zero-order valence-electron chi connectivity index (χ0n) is 14.7. The van der Waals surface area contributed by atoms with Crippen molar-refractivity contribution in [1.29, 1.82) is 0 Å². The van der Waals surface area contributed by atoms with E-state index < -0.39 is 0 Å². The summed E-state index contributed by atoms with van der Waals surface area (Å²) in [5, 5.41) is 9.49. The molecule has 1 amide bonds. The molecule has 0 aliphatic rings. The van der Waals surface area contributed by atoms with E-state index in [-0.39, 0.29) is 5.91 Å². The monoisotopic (exact) mass is 353 g/mol. The number of carbonyl (C=O) groups is 1. The van der Waals surface area contributed by atoms with Gasteiger partial charge in [-0.1, -0.05) is 60.7 Å². The van der Waals surface area contributed by atoms with E-state index in [1.807, 2.05) is 71.6 Å². The molecule has 3 aromatic carbocycles. The number of hydrogen-bond donors (Lipinski definition) is 1. The van der Waals surface area contributed by atoms with E-state index in [0.29, 0.717) is 6.54 Å². The van der Waals surface area contributed by atoms with Crippen LogP contribution in [0.5, 0.6) is 0 Å². The number of benzene rings is 3. The van der Waals surface area contributed by atoms with Crippen LogP contribution in [0.3, 0.4) is 0 Å². The number of nitrogens with zero attached hydrogens (tertiary/aromatic N) is 2. The number of aromatic nitrogens is 2. The van der Waals surface area contributed by atoms with Crippen LogP contribution < -0.4 is 5.32 Å². The molecule has 4 nitrogen and oxygen atoms in total. The molecule has 4 rings (SSSR count). The Hall–Kier alpha value is -3.66. The van der Waals surface area contributed by atoms with Gasteiger partial charge < -0.3 is 5.32 Å². The van der Waals surface area contributed by atoms with Gasteiger partial charge in [0.2, 0.25) is 5.91 Å². The first kappa shape index (κ1) is 16.8. The van der Waals surface area contributed by atoms with E-state index in [1.165, 1.54) is 0 Å². The zero-order valence-corrected chi connectivity index (χ0v) is 14.7. The van der Waals surface area contributed by atoms with Crippen molar-refractivity contribution in [3.8, 4) is 0 Å². The molecule has 1 N–H and O–H groups in total. The average molecular weight is 353 g/mol. The molecule has 0 saturated carbocycles. The Labute approximate surface area is 157 Å². The maximum Gasteiger partial charge on any atom is 0.248 e. The van der Waals surface area contributed by atoms with E-state index >= 15 is 0 Å². The van der Waals surface area contributed by atoms with Crippen LogP contribution >= 0.6 is 0 Å². The van der Waals surface area contributed by atoms with Crippen molar-refractivity contribution in [2.75, 3.05) is 5.32 Å². The molecule has 4 heteroatoms. The molecule has 0 unspecified atom stereocenters. The highest BCUT2D eigenvalue weighted by Gasteiger charge is 2.05. The molecule has 0 radical (unpaired) electrons. The first-order chi connectivity index (χ1) is 13.3. The lowest BCUT2D eigenvalue weighted by Crippen LogP contribution is -2.11. The number of para-hydroxylation sites is 1. The minimum atomic E-state index is -0.157. The van der Waals surface area contributed by atoms with Crippen LogP contribution in [0.4, 0.5) is 5.69 Å². The quantitative estimate of drug-likeness (QED) is 0.527. The predicted octanol–water partition coefficient (Wildman–Crippen LogP) is 4.74. The van der Waals surface area contributed by atoms with Crippen LogP contribution in [0.15, 0.2) is 91.3 Å². The molecule has 132 valence electrons. The molecule has 0 aliphatic heterocycles. The summed E-state index contributed by atoms with van der Waals surface area (Å²) in [5.74, 6) is -0.157. The third-order valence-electron chi connectivity index (χ3n) is 4.40. The summed E-state index contributed by atoms with van der Waals surface area (Å²) in [6.07, 6.45) is 7.08. The second-order valence-electron chi connectivity index (χ2n) is 6.25. The fourth-order valence-electron chi connectivity index (χ4n) is 3.08. The Morgan fingerprint density at radius 3 is 2.67 bits per heavy atom. The van der Waals surface area contributed by atoms with E-state index in [9.17, 15) is 4.79 Å². The van der Waals surface area contributed by atoms with Crippen LogP contribution in [0.2, 0.25) is 0 Å². The SMILES string of the molecule is O=C(/C=C/c1cccc2ccccc12)Nc1ccccc1Cn1cccn1. The molecular weight excluding hydrogens is 334 g/mol. The highest BCUT2D eigenvalue weighted by atomic mass is 16.1. The smallest absolute Gasteiger partial charge is 0.248 e. The van der Waals surface area contributed by atoms with Gasteiger partial charge in [0, 0.05) is 24.2 Å². The Morgan fingerprint density at radius 2 is 1.78 bits per heavy atom. The van der Waals surface area contributed by atoms with Crippen LogP contribution in [-0.4, -0.2) is 15.7 Å². The summed E-state index contributed by atoms with van der Waals surface area (Å²) in [7, 11) is 0.